The average molecular weight is 352 g/mol. The number of nitrogens with zero attached hydrogens (tertiary/aromatic N) is 1. The highest BCUT2D eigenvalue weighted by Gasteiger charge is 2.23. The molecule has 1 aromatic heterocycles. The van der Waals surface area contributed by atoms with Crippen LogP contribution in [0.4, 0.5) is 4.79 Å². The summed E-state index contributed by atoms with van der Waals surface area (Å²) in [6, 6.07) is 9.07. The number of carboxylic acids is 1. The van der Waals surface area contributed by atoms with E-state index in [0.29, 0.717) is 0 Å². The van der Waals surface area contributed by atoms with Crippen molar-refractivity contribution in [3.63, 3.8) is 0 Å². The summed E-state index contributed by atoms with van der Waals surface area (Å²) < 4.78 is 4.97. The van der Waals surface area contributed by atoms with Crippen molar-refractivity contribution in [3.8, 4) is 0 Å². The Hall–Kier alpha value is -2.49. The van der Waals surface area contributed by atoms with Crippen LogP contribution in [0.15, 0.2) is 36.5 Å². The minimum atomic E-state index is -1.41. The molecule has 0 spiro atoms. The monoisotopic (exact) mass is 352 g/mol. The number of carboxylic acid groups (broad SMARTS) is 1. The highest BCUT2D eigenvalue weighted by molar-refractivity contribution is 7.13. The summed E-state index contributed by atoms with van der Waals surface area (Å²) in [5, 5.41) is 30.9. The Labute approximate surface area is 141 Å². The fraction of sp³-hybridized carbons (Fsp3) is 0.267. The van der Waals surface area contributed by atoms with Gasteiger partial charge in [0, 0.05) is 6.54 Å². The Kier molecular flexibility index (Phi) is 6.24. The van der Waals surface area contributed by atoms with E-state index in [1.165, 1.54) is 0 Å². The average Bonchev–Trinajstić information content (AvgIpc) is 3.08. The number of aromatic nitrogens is 1. The molecule has 0 saturated carbocycles. The molecule has 0 fully saturated rings. The lowest BCUT2D eigenvalue weighted by Crippen LogP contribution is -2.35. The lowest BCUT2D eigenvalue weighted by Gasteiger charge is -2.16. The van der Waals surface area contributed by atoms with E-state index in [1.54, 1.807) is 12.1 Å². The lowest BCUT2D eigenvalue weighted by atomic mass is 10.2. The van der Waals surface area contributed by atoms with E-state index in [2.05, 4.69) is 10.3 Å². The Morgan fingerprint density at radius 2 is 1.96 bits per heavy atom. The first-order valence-electron chi connectivity index (χ1n) is 6.97. The van der Waals surface area contributed by atoms with E-state index in [4.69, 9.17) is 9.84 Å². The van der Waals surface area contributed by atoms with E-state index in [9.17, 15) is 19.8 Å². The Morgan fingerprint density at radius 1 is 1.25 bits per heavy atom. The summed E-state index contributed by atoms with van der Waals surface area (Å²) in [5.74, 6) is -1.16. The van der Waals surface area contributed by atoms with Crippen molar-refractivity contribution < 1.29 is 29.6 Å². The molecule has 9 heteroatoms. The maximum Gasteiger partial charge on any atom is 0.407 e. The van der Waals surface area contributed by atoms with Crippen molar-refractivity contribution >= 4 is 23.4 Å². The maximum atomic E-state index is 11.6. The third kappa shape index (κ3) is 5.01. The number of thiazole rings is 1. The smallest absolute Gasteiger partial charge is 0.407 e. The van der Waals surface area contributed by atoms with E-state index < -0.39 is 24.3 Å². The number of aliphatic hydroxyl groups excluding tert-OH is 2. The quantitative estimate of drug-likeness (QED) is 0.588. The van der Waals surface area contributed by atoms with Crippen LogP contribution in [0.3, 0.4) is 0 Å². The number of carbonyl (C=O) groups is 2. The molecule has 2 unspecified atom stereocenters. The minimum Gasteiger partial charge on any atom is -0.477 e. The standard InChI is InChI=1S/C15H16N2O6S/c18-10(12(19)13-16-7-11(24-13)14(20)21)6-17-15(22)23-8-9-4-2-1-3-5-9/h1-5,7,10,12,18-19H,6,8H2,(H,17,22)(H,20,21). The number of nitrogens with one attached hydrogen (secondary N) is 1. The van der Waals surface area contributed by atoms with E-state index >= 15 is 0 Å². The number of ether oxygens (including phenoxy) is 1. The van der Waals surface area contributed by atoms with Gasteiger partial charge in [0.1, 0.15) is 28.7 Å². The van der Waals surface area contributed by atoms with Crippen molar-refractivity contribution in [2.45, 2.75) is 18.8 Å². The molecule has 4 N–H and O–H groups in total. The molecule has 1 amide bonds. The molecule has 1 aromatic carbocycles. The summed E-state index contributed by atoms with van der Waals surface area (Å²) in [6.07, 6.45) is -2.39. The maximum absolute atomic E-state index is 11.6. The molecule has 1 heterocycles. The SMILES string of the molecule is O=C(NCC(O)C(O)c1ncc(C(=O)O)s1)OCc1ccccc1. The van der Waals surface area contributed by atoms with E-state index in [-0.39, 0.29) is 23.0 Å². The molecule has 2 atom stereocenters. The van der Waals surface area contributed by atoms with Crippen LogP contribution in [0.25, 0.3) is 0 Å². The van der Waals surface area contributed by atoms with Gasteiger partial charge in [0.25, 0.3) is 0 Å². The molecule has 128 valence electrons. The normalized spacial score (nSPS) is 13.1. The Bertz CT molecular complexity index is 690. The summed E-state index contributed by atoms with van der Waals surface area (Å²) in [5.41, 5.74) is 0.817. The van der Waals surface area contributed by atoms with Gasteiger partial charge in [-0.2, -0.15) is 0 Å². The second kappa shape index (κ2) is 8.39. The van der Waals surface area contributed by atoms with Gasteiger partial charge in [0.05, 0.1) is 6.20 Å². The van der Waals surface area contributed by atoms with Gasteiger partial charge < -0.3 is 25.4 Å². The third-order valence-corrected chi connectivity index (χ3v) is 4.08. The van der Waals surface area contributed by atoms with Crippen LogP contribution in [0, 0.1) is 0 Å². The second-order valence-electron chi connectivity index (χ2n) is 4.82. The van der Waals surface area contributed by atoms with E-state index in [0.717, 1.165) is 23.1 Å². The molecule has 0 aliphatic carbocycles. The van der Waals surface area contributed by atoms with Gasteiger partial charge in [-0.05, 0) is 5.56 Å². The van der Waals surface area contributed by atoms with Crippen molar-refractivity contribution in [1.29, 1.82) is 0 Å². The number of aromatic carboxylic acids is 1. The first kappa shape index (κ1) is 17.9. The second-order valence-corrected chi connectivity index (χ2v) is 5.88. The predicted octanol–water partition coefficient (Wildman–Crippen LogP) is 1.16. The number of hydrogen-bond acceptors (Lipinski definition) is 7. The van der Waals surface area contributed by atoms with Crippen LogP contribution < -0.4 is 5.32 Å². The van der Waals surface area contributed by atoms with Gasteiger partial charge in [-0.1, -0.05) is 30.3 Å². The van der Waals surface area contributed by atoms with Gasteiger partial charge in [-0.25, -0.2) is 14.6 Å². The lowest BCUT2D eigenvalue weighted by molar-refractivity contribution is 0.0183. The number of carbonyl (C=O) groups excluding carboxylic acids is 1. The first-order chi connectivity index (χ1) is 11.5. The highest BCUT2D eigenvalue weighted by Crippen LogP contribution is 2.22. The van der Waals surface area contributed by atoms with Gasteiger partial charge in [-0.15, -0.1) is 11.3 Å². The van der Waals surface area contributed by atoms with Gasteiger partial charge in [0.15, 0.2) is 0 Å². The molecule has 0 aliphatic rings. The van der Waals surface area contributed by atoms with Gasteiger partial charge in [-0.3, -0.25) is 0 Å². The zero-order chi connectivity index (χ0) is 17.5. The Balaban J connectivity index is 1.77. The molecule has 0 radical (unpaired) electrons. The van der Waals surface area contributed by atoms with Crippen LogP contribution in [0.2, 0.25) is 0 Å². The summed E-state index contributed by atoms with van der Waals surface area (Å²) >= 11 is 0.755. The topological polar surface area (TPSA) is 129 Å². The molecular weight excluding hydrogens is 336 g/mol. The van der Waals surface area contributed by atoms with Crippen molar-refractivity contribution in [2.24, 2.45) is 0 Å². The van der Waals surface area contributed by atoms with Crippen LogP contribution in [0.1, 0.15) is 26.3 Å². The Morgan fingerprint density at radius 3 is 2.58 bits per heavy atom. The number of amides is 1. The van der Waals surface area contributed by atoms with Crippen molar-refractivity contribution in [2.75, 3.05) is 6.54 Å². The van der Waals surface area contributed by atoms with Crippen LogP contribution in [-0.4, -0.2) is 45.0 Å². The van der Waals surface area contributed by atoms with Crippen molar-refractivity contribution in [3.05, 3.63) is 52.0 Å². The van der Waals surface area contributed by atoms with Crippen LogP contribution in [0.5, 0.6) is 0 Å². The number of rotatable bonds is 7. The molecule has 8 nitrogen and oxygen atoms in total. The number of hydrogen-bond donors (Lipinski definition) is 4. The fourth-order valence-electron chi connectivity index (χ4n) is 1.76. The molecule has 2 rings (SSSR count). The molecule has 0 bridgehead atoms. The molecular formula is C15H16N2O6S. The van der Waals surface area contributed by atoms with Gasteiger partial charge >= 0.3 is 12.1 Å². The van der Waals surface area contributed by atoms with Gasteiger partial charge in [0.2, 0.25) is 0 Å². The zero-order valence-electron chi connectivity index (χ0n) is 12.5. The van der Waals surface area contributed by atoms with Crippen molar-refractivity contribution in [1.82, 2.24) is 10.3 Å². The first-order valence-corrected chi connectivity index (χ1v) is 7.78. The summed E-state index contributed by atoms with van der Waals surface area (Å²) in [4.78, 5) is 26.0. The number of aliphatic hydroxyl groups is 2. The largest absolute Gasteiger partial charge is 0.477 e. The molecule has 0 aliphatic heterocycles. The molecule has 24 heavy (non-hydrogen) atoms. The predicted molar refractivity (Wildman–Crippen MR) is 84.7 cm³/mol. The third-order valence-electron chi connectivity index (χ3n) is 3.02. The van der Waals surface area contributed by atoms with Crippen LogP contribution in [-0.2, 0) is 11.3 Å². The molecule has 2 aromatic rings. The number of alkyl carbamates (subject to hydrolysis) is 1. The van der Waals surface area contributed by atoms with E-state index in [1.807, 2.05) is 18.2 Å². The fourth-order valence-corrected chi connectivity index (χ4v) is 2.56. The van der Waals surface area contributed by atoms with Crippen LogP contribution >= 0.6 is 11.3 Å². The minimum absolute atomic E-state index is 0.0496. The summed E-state index contributed by atoms with van der Waals surface area (Å²) in [7, 11) is 0. The summed E-state index contributed by atoms with van der Waals surface area (Å²) in [6.45, 7) is -0.184. The number of benzene rings is 1. The zero-order valence-corrected chi connectivity index (χ0v) is 13.3. The highest BCUT2D eigenvalue weighted by atomic mass is 32.1. The molecule has 0 saturated heterocycles.